The van der Waals surface area contributed by atoms with Crippen molar-refractivity contribution in [2.24, 2.45) is 0 Å². The van der Waals surface area contributed by atoms with Crippen molar-refractivity contribution in [3.8, 4) is 0 Å². The highest BCUT2D eigenvalue weighted by atomic mass is 32.1. The van der Waals surface area contributed by atoms with E-state index < -0.39 is 11.7 Å². The number of unbranched alkanes of at least 4 members (excludes halogenated alkanes) is 1. The molecular formula is C13H20N2O2S. The number of carbonyl (C=O) groups is 1. The summed E-state index contributed by atoms with van der Waals surface area (Å²) in [5.74, 6) is 0. The number of amides is 1. The van der Waals surface area contributed by atoms with Crippen LogP contribution in [0.25, 0.3) is 6.08 Å². The topological polar surface area (TPSA) is 51.2 Å². The summed E-state index contributed by atoms with van der Waals surface area (Å²) in [4.78, 5) is 16.7. The molecule has 0 fully saturated rings. The zero-order valence-corrected chi connectivity index (χ0v) is 12.0. The lowest BCUT2D eigenvalue weighted by atomic mass is 10.0. The van der Waals surface area contributed by atoms with Crippen LogP contribution in [0.4, 0.5) is 9.93 Å². The molecule has 1 amide bonds. The number of rotatable bonds is 6. The molecule has 0 saturated carbocycles. The molecule has 0 bridgehead atoms. The van der Waals surface area contributed by atoms with Crippen molar-refractivity contribution in [1.29, 1.82) is 0 Å². The van der Waals surface area contributed by atoms with E-state index in [9.17, 15) is 4.79 Å². The maximum Gasteiger partial charge on any atom is 0.413 e. The molecule has 0 aliphatic heterocycles. The van der Waals surface area contributed by atoms with Crippen LogP contribution in [0.1, 0.15) is 44.9 Å². The first-order valence-electron chi connectivity index (χ1n) is 6.05. The quantitative estimate of drug-likeness (QED) is 0.836. The van der Waals surface area contributed by atoms with E-state index in [-0.39, 0.29) is 0 Å². The van der Waals surface area contributed by atoms with Crippen LogP contribution in [-0.4, -0.2) is 16.7 Å². The van der Waals surface area contributed by atoms with Gasteiger partial charge >= 0.3 is 6.09 Å². The predicted molar refractivity (Wildman–Crippen MR) is 75.9 cm³/mol. The van der Waals surface area contributed by atoms with E-state index in [4.69, 9.17) is 4.74 Å². The van der Waals surface area contributed by atoms with E-state index in [1.807, 2.05) is 13.8 Å². The van der Waals surface area contributed by atoms with Crippen molar-refractivity contribution in [2.45, 2.75) is 45.6 Å². The number of aromatic nitrogens is 1. The van der Waals surface area contributed by atoms with Gasteiger partial charge < -0.3 is 4.74 Å². The van der Waals surface area contributed by atoms with Crippen molar-refractivity contribution in [1.82, 2.24) is 4.98 Å². The zero-order chi connectivity index (χ0) is 13.6. The number of carbonyl (C=O) groups excluding carboxylic acids is 1. The third kappa shape index (κ3) is 4.87. The Balaban J connectivity index is 2.48. The first kappa shape index (κ1) is 14.7. The lowest BCUT2D eigenvalue weighted by Gasteiger charge is -2.24. The van der Waals surface area contributed by atoms with Crippen molar-refractivity contribution in [3.63, 3.8) is 0 Å². The number of hydrogen-bond acceptors (Lipinski definition) is 4. The van der Waals surface area contributed by atoms with Gasteiger partial charge in [0.2, 0.25) is 0 Å². The molecule has 0 aromatic carbocycles. The summed E-state index contributed by atoms with van der Waals surface area (Å²) >= 11 is 1.36. The maximum absolute atomic E-state index is 11.7. The summed E-state index contributed by atoms with van der Waals surface area (Å²) in [6.45, 7) is 9.59. The monoisotopic (exact) mass is 268 g/mol. The van der Waals surface area contributed by atoms with Crippen LogP contribution in [0, 0.1) is 0 Å². The highest BCUT2D eigenvalue weighted by Crippen LogP contribution is 2.21. The molecule has 0 aliphatic carbocycles. The van der Waals surface area contributed by atoms with E-state index in [1.54, 1.807) is 12.3 Å². The average molecular weight is 268 g/mol. The summed E-state index contributed by atoms with van der Waals surface area (Å²) in [6.07, 6.45) is 5.88. The SMILES string of the molecule is C=Cc1cnc(NC(=O)OC(C)(C)CCCC)s1. The lowest BCUT2D eigenvalue weighted by Crippen LogP contribution is -2.30. The van der Waals surface area contributed by atoms with Gasteiger partial charge in [-0.1, -0.05) is 37.3 Å². The molecule has 0 unspecified atom stereocenters. The number of nitrogens with zero attached hydrogens (tertiary/aromatic N) is 1. The Kier molecular flexibility index (Phi) is 5.34. The van der Waals surface area contributed by atoms with Gasteiger partial charge in [0.05, 0.1) is 0 Å². The third-order valence-corrected chi connectivity index (χ3v) is 3.34. The van der Waals surface area contributed by atoms with Gasteiger partial charge in [0.15, 0.2) is 5.13 Å². The predicted octanol–water partition coefficient (Wildman–Crippen LogP) is 4.30. The molecule has 0 radical (unpaired) electrons. The molecule has 1 heterocycles. The minimum Gasteiger partial charge on any atom is -0.443 e. The van der Waals surface area contributed by atoms with Gasteiger partial charge in [-0.05, 0) is 26.7 Å². The average Bonchev–Trinajstić information content (AvgIpc) is 2.73. The summed E-state index contributed by atoms with van der Waals surface area (Å²) in [7, 11) is 0. The zero-order valence-electron chi connectivity index (χ0n) is 11.2. The van der Waals surface area contributed by atoms with Gasteiger partial charge in [-0.15, -0.1) is 0 Å². The van der Waals surface area contributed by atoms with Gasteiger partial charge in [0.1, 0.15) is 5.60 Å². The Morgan fingerprint density at radius 3 is 2.94 bits per heavy atom. The fraction of sp³-hybridized carbons (Fsp3) is 0.538. The molecule has 1 N–H and O–H groups in total. The standard InChI is InChI=1S/C13H20N2O2S/c1-5-7-8-13(3,4)17-12(16)15-11-14-9-10(6-2)18-11/h6,9H,2,5,7-8H2,1,3-4H3,(H,14,15,16). The number of ether oxygens (including phenoxy) is 1. The van der Waals surface area contributed by atoms with E-state index in [0.29, 0.717) is 5.13 Å². The van der Waals surface area contributed by atoms with Gasteiger partial charge in [-0.3, -0.25) is 5.32 Å². The molecular weight excluding hydrogens is 248 g/mol. The molecule has 0 aliphatic rings. The van der Waals surface area contributed by atoms with Crippen molar-refractivity contribution >= 4 is 28.6 Å². The molecule has 4 nitrogen and oxygen atoms in total. The van der Waals surface area contributed by atoms with Crippen LogP contribution < -0.4 is 5.32 Å². The fourth-order valence-electron chi connectivity index (χ4n) is 1.46. The number of anilines is 1. The molecule has 0 saturated heterocycles. The van der Waals surface area contributed by atoms with Gasteiger partial charge in [0.25, 0.3) is 0 Å². The first-order chi connectivity index (χ1) is 8.46. The summed E-state index contributed by atoms with van der Waals surface area (Å²) in [6, 6.07) is 0. The smallest absolute Gasteiger partial charge is 0.413 e. The normalized spacial score (nSPS) is 11.1. The minimum absolute atomic E-state index is 0.446. The molecule has 5 heteroatoms. The molecule has 1 aromatic rings. The second-order valence-electron chi connectivity index (χ2n) is 4.65. The molecule has 0 atom stereocenters. The number of thiazole rings is 1. The fourth-order valence-corrected chi connectivity index (χ4v) is 2.11. The maximum atomic E-state index is 11.7. The van der Waals surface area contributed by atoms with Gasteiger partial charge in [-0.25, -0.2) is 9.78 Å². The molecule has 1 aromatic heterocycles. The van der Waals surface area contributed by atoms with Gasteiger partial charge in [0, 0.05) is 11.1 Å². The van der Waals surface area contributed by atoms with E-state index in [2.05, 4.69) is 23.8 Å². The highest BCUT2D eigenvalue weighted by molar-refractivity contribution is 7.16. The van der Waals surface area contributed by atoms with Crippen LogP contribution in [0.3, 0.4) is 0 Å². The number of hydrogen-bond donors (Lipinski definition) is 1. The Morgan fingerprint density at radius 1 is 1.67 bits per heavy atom. The second-order valence-corrected chi connectivity index (χ2v) is 5.71. The van der Waals surface area contributed by atoms with Crippen molar-refractivity contribution in [2.75, 3.05) is 5.32 Å². The first-order valence-corrected chi connectivity index (χ1v) is 6.87. The largest absolute Gasteiger partial charge is 0.443 e. The minimum atomic E-state index is -0.457. The molecule has 100 valence electrons. The van der Waals surface area contributed by atoms with Gasteiger partial charge in [-0.2, -0.15) is 0 Å². The van der Waals surface area contributed by atoms with Crippen LogP contribution in [0.15, 0.2) is 12.8 Å². The summed E-state index contributed by atoms with van der Waals surface area (Å²) in [5.41, 5.74) is -0.446. The van der Waals surface area contributed by atoms with E-state index in [1.165, 1.54) is 11.3 Å². The summed E-state index contributed by atoms with van der Waals surface area (Å²) in [5, 5.41) is 3.16. The number of nitrogens with one attached hydrogen (secondary N) is 1. The van der Waals surface area contributed by atoms with Crippen LogP contribution >= 0.6 is 11.3 Å². The second kappa shape index (κ2) is 6.54. The summed E-state index contributed by atoms with van der Waals surface area (Å²) < 4.78 is 5.38. The van der Waals surface area contributed by atoms with Crippen LogP contribution in [0.2, 0.25) is 0 Å². The Bertz CT molecular complexity index is 413. The Morgan fingerprint density at radius 2 is 2.39 bits per heavy atom. The third-order valence-electron chi connectivity index (χ3n) is 2.44. The van der Waals surface area contributed by atoms with Crippen molar-refractivity contribution in [3.05, 3.63) is 17.7 Å². The molecule has 0 spiro atoms. The van der Waals surface area contributed by atoms with E-state index >= 15 is 0 Å². The van der Waals surface area contributed by atoms with Crippen LogP contribution in [0.5, 0.6) is 0 Å². The van der Waals surface area contributed by atoms with Crippen LogP contribution in [-0.2, 0) is 4.74 Å². The molecule has 1 rings (SSSR count). The van der Waals surface area contributed by atoms with Crippen molar-refractivity contribution < 1.29 is 9.53 Å². The Labute approximate surface area is 112 Å². The lowest BCUT2D eigenvalue weighted by molar-refractivity contribution is 0.0407. The highest BCUT2D eigenvalue weighted by Gasteiger charge is 2.22. The molecule has 18 heavy (non-hydrogen) atoms. The Hall–Kier alpha value is -1.36. The van der Waals surface area contributed by atoms with E-state index in [0.717, 1.165) is 24.1 Å².